The summed E-state index contributed by atoms with van der Waals surface area (Å²) >= 11 is 3.01. The van der Waals surface area contributed by atoms with Crippen LogP contribution in [-0.2, 0) is 4.79 Å². The van der Waals surface area contributed by atoms with Crippen molar-refractivity contribution < 1.29 is 13.6 Å². The summed E-state index contributed by atoms with van der Waals surface area (Å²) in [6.07, 6.45) is 5.33. The number of benzene rings is 1. The minimum absolute atomic E-state index is 0.221. The summed E-state index contributed by atoms with van der Waals surface area (Å²) in [6.45, 7) is 0. The van der Waals surface area contributed by atoms with E-state index in [0.717, 1.165) is 37.8 Å². The molecule has 116 valence electrons. The molecule has 1 aromatic carbocycles. The summed E-state index contributed by atoms with van der Waals surface area (Å²) in [5, 5.41) is 5.58. The van der Waals surface area contributed by atoms with E-state index < -0.39 is 11.6 Å². The van der Waals surface area contributed by atoms with Crippen molar-refractivity contribution in [1.82, 2.24) is 5.32 Å². The Labute approximate surface area is 131 Å². The number of nitrogens with one attached hydrogen (secondary N) is 2. The van der Waals surface area contributed by atoms with E-state index in [2.05, 4.69) is 26.6 Å². The zero-order valence-corrected chi connectivity index (χ0v) is 13.5. The quantitative estimate of drug-likeness (QED) is 0.852. The number of anilines is 1. The van der Waals surface area contributed by atoms with Crippen molar-refractivity contribution in [3.05, 3.63) is 28.2 Å². The SMILES string of the molecule is CNC1(CC(=O)Nc2c(F)cc(Br)cc2F)CCCCC1. The molecule has 1 aliphatic carbocycles. The molecule has 1 amide bonds. The molecule has 0 radical (unpaired) electrons. The lowest BCUT2D eigenvalue weighted by molar-refractivity contribution is -0.118. The predicted octanol–water partition coefficient (Wildman–Crippen LogP) is 3.98. The maximum absolute atomic E-state index is 13.7. The highest BCUT2D eigenvalue weighted by Crippen LogP contribution is 2.31. The van der Waals surface area contributed by atoms with Gasteiger partial charge in [0.2, 0.25) is 5.91 Å². The van der Waals surface area contributed by atoms with Gasteiger partial charge in [-0.2, -0.15) is 0 Å². The van der Waals surface area contributed by atoms with Crippen molar-refractivity contribution in [3.8, 4) is 0 Å². The molecule has 6 heteroatoms. The molecule has 0 spiro atoms. The lowest BCUT2D eigenvalue weighted by Gasteiger charge is -2.36. The van der Waals surface area contributed by atoms with Crippen molar-refractivity contribution >= 4 is 27.5 Å². The third kappa shape index (κ3) is 4.01. The Morgan fingerprint density at radius 1 is 1.24 bits per heavy atom. The van der Waals surface area contributed by atoms with E-state index in [-0.39, 0.29) is 23.6 Å². The highest BCUT2D eigenvalue weighted by molar-refractivity contribution is 9.10. The molecule has 0 saturated heterocycles. The van der Waals surface area contributed by atoms with E-state index in [1.807, 2.05) is 7.05 Å². The second-order valence-corrected chi connectivity index (χ2v) is 6.48. The number of carbonyl (C=O) groups excluding carboxylic acids is 1. The Hall–Kier alpha value is -1.01. The van der Waals surface area contributed by atoms with Crippen LogP contribution in [0, 0.1) is 11.6 Å². The minimum atomic E-state index is -0.780. The molecular formula is C15H19BrF2N2O. The summed E-state index contributed by atoms with van der Waals surface area (Å²) < 4.78 is 27.8. The molecule has 1 saturated carbocycles. The predicted molar refractivity (Wildman–Crippen MR) is 82.2 cm³/mol. The van der Waals surface area contributed by atoms with Crippen molar-refractivity contribution in [2.45, 2.75) is 44.1 Å². The molecule has 0 heterocycles. The highest BCUT2D eigenvalue weighted by atomic mass is 79.9. The standard InChI is InChI=1S/C15H19BrF2N2O/c1-19-15(5-3-2-4-6-15)9-13(21)20-14-11(17)7-10(16)8-12(14)18/h7-8,19H,2-6,9H2,1H3,(H,20,21). The third-order valence-electron chi connectivity index (χ3n) is 4.11. The molecule has 1 aliphatic rings. The first kappa shape index (κ1) is 16.4. The molecule has 0 bridgehead atoms. The molecular weight excluding hydrogens is 342 g/mol. The molecule has 3 nitrogen and oxygen atoms in total. The monoisotopic (exact) mass is 360 g/mol. The first-order chi connectivity index (χ1) is 9.96. The van der Waals surface area contributed by atoms with Crippen LogP contribution in [-0.4, -0.2) is 18.5 Å². The van der Waals surface area contributed by atoms with Gasteiger partial charge < -0.3 is 10.6 Å². The summed E-state index contributed by atoms with van der Waals surface area (Å²) in [5.74, 6) is -1.93. The number of halogens is 3. The van der Waals surface area contributed by atoms with Crippen molar-refractivity contribution in [3.63, 3.8) is 0 Å². The van der Waals surface area contributed by atoms with E-state index in [1.54, 1.807) is 0 Å². The first-order valence-corrected chi connectivity index (χ1v) is 7.88. The number of hydrogen-bond acceptors (Lipinski definition) is 2. The van der Waals surface area contributed by atoms with Crippen LogP contribution < -0.4 is 10.6 Å². The van der Waals surface area contributed by atoms with Gasteiger partial charge in [-0.15, -0.1) is 0 Å². The van der Waals surface area contributed by atoms with Gasteiger partial charge >= 0.3 is 0 Å². The number of hydrogen-bond donors (Lipinski definition) is 2. The minimum Gasteiger partial charge on any atom is -0.321 e. The molecule has 0 atom stereocenters. The highest BCUT2D eigenvalue weighted by Gasteiger charge is 2.33. The molecule has 2 rings (SSSR count). The van der Waals surface area contributed by atoms with Crippen LogP contribution in [0.3, 0.4) is 0 Å². The van der Waals surface area contributed by atoms with Crippen molar-refractivity contribution in [2.75, 3.05) is 12.4 Å². The van der Waals surface area contributed by atoms with E-state index >= 15 is 0 Å². The topological polar surface area (TPSA) is 41.1 Å². The van der Waals surface area contributed by atoms with Crippen LogP contribution in [0.25, 0.3) is 0 Å². The molecule has 1 fully saturated rings. The number of amides is 1. The summed E-state index contributed by atoms with van der Waals surface area (Å²) in [5.41, 5.74) is -0.643. The summed E-state index contributed by atoms with van der Waals surface area (Å²) in [7, 11) is 1.83. The molecule has 2 N–H and O–H groups in total. The smallest absolute Gasteiger partial charge is 0.226 e. The second kappa shape index (κ2) is 6.83. The van der Waals surface area contributed by atoms with Crippen molar-refractivity contribution in [1.29, 1.82) is 0 Å². The normalized spacial score (nSPS) is 17.5. The van der Waals surface area contributed by atoms with Gasteiger partial charge in [-0.25, -0.2) is 8.78 Å². The molecule has 0 unspecified atom stereocenters. The first-order valence-electron chi connectivity index (χ1n) is 7.09. The molecule has 0 aromatic heterocycles. The Morgan fingerprint density at radius 3 is 2.33 bits per heavy atom. The lowest BCUT2D eigenvalue weighted by Crippen LogP contribution is -2.47. The van der Waals surface area contributed by atoms with E-state index in [1.165, 1.54) is 6.42 Å². The van der Waals surface area contributed by atoms with Gasteiger partial charge in [0.05, 0.1) is 0 Å². The Morgan fingerprint density at radius 2 is 1.81 bits per heavy atom. The van der Waals surface area contributed by atoms with Crippen LogP contribution in [0.15, 0.2) is 16.6 Å². The van der Waals surface area contributed by atoms with Crippen LogP contribution >= 0.6 is 15.9 Å². The number of carbonyl (C=O) groups is 1. The van der Waals surface area contributed by atoms with Crippen LogP contribution in [0.5, 0.6) is 0 Å². The Bertz CT molecular complexity index is 507. The van der Waals surface area contributed by atoms with E-state index in [9.17, 15) is 13.6 Å². The largest absolute Gasteiger partial charge is 0.321 e. The number of rotatable bonds is 4. The average Bonchev–Trinajstić information content (AvgIpc) is 2.44. The fraction of sp³-hybridized carbons (Fsp3) is 0.533. The van der Waals surface area contributed by atoms with Gasteiger partial charge in [0.25, 0.3) is 0 Å². The van der Waals surface area contributed by atoms with Crippen LogP contribution in [0.4, 0.5) is 14.5 Å². The lowest BCUT2D eigenvalue weighted by atomic mass is 9.79. The van der Waals surface area contributed by atoms with Gasteiger partial charge in [-0.3, -0.25) is 4.79 Å². The fourth-order valence-electron chi connectivity index (χ4n) is 2.90. The van der Waals surface area contributed by atoms with Gasteiger partial charge in [0.15, 0.2) is 11.6 Å². The van der Waals surface area contributed by atoms with Gasteiger partial charge in [-0.05, 0) is 32.0 Å². The van der Waals surface area contributed by atoms with Gasteiger partial charge in [0, 0.05) is 16.4 Å². The zero-order chi connectivity index (χ0) is 15.5. The molecule has 1 aromatic rings. The van der Waals surface area contributed by atoms with Gasteiger partial charge in [-0.1, -0.05) is 35.2 Å². The van der Waals surface area contributed by atoms with Crippen LogP contribution in [0.1, 0.15) is 38.5 Å². The maximum Gasteiger partial charge on any atom is 0.226 e. The second-order valence-electron chi connectivity index (χ2n) is 5.56. The summed E-state index contributed by atoms with van der Waals surface area (Å²) in [6, 6.07) is 2.26. The Kier molecular flexibility index (Phi) is 5.32. The van der Waals surface area contributed by atoms with Crippen molar-refractivity contribution in [2.24, 2.45) is 0 Å². The fourth-order valence-corrected chi connectivity index (χ4v) is 3.30. The third-order valence-corrected chi connectivity index (χ3v) is 4.57. The van der Waals surface area contributed by atoms with Gasteiger partial charge in [0.1, 0.15) is 5.69 Å². The maximum atomic E-state index is 13.7. The summed E-state index contributed by atoms with van der Waals surface area (Å²) in [4.78, 5) is 12.1. The molecule has 21 heavy (non-hydrogen) atoms. The average molecular weight is 361 g/mol. The Balaban J connectivity index is 2.08. The van der Waals surface area contributed by atoms with E-state index in [0.29, 0.717) is 4.47 Å². The molecule has 0 aliphatic heterocycles. The van der Waals surface area contributed by atoms with E-state index in [4.69, 9.17) is 0 Å². The van der Waals surface area contributed by atoms with Crippen LogP contribution in [0.2, 0.25) is 0 Å². The zero-order valence-electron chi connectivity index (χ0n) is 11.9.